The summed E-state index contributed by atoms with van der Waals surface area (Å²) in [6, 6.07) is 0. The molecule has 0 aliphatic heterocycles. The molecule has 0 aromatic rings. The van der Waals surface area contributed by atoms with Gasteiger partial charge in [0.15, 0.2) is 0 Å². The van der Waals surface area contributed by atoms with Crippen molar-refractivity contribution in [3.05, 3.63) is 0 Å². The molecule has 2 heteroatoms. The number of rotatable bonds is 10. The molecule has 0 aromatic carbocycles. The minimum Gasteiger partial charge on any atom is -0.303 e. The second kappa shape index (κ2) is 11.3. The molecular formula is C11H20O2. The zero-order valence-electron chi connectivity index (χ0n) is 8.34. The van der Waals surface area contributed by atoms with Gasteiger partial charge in [0.1, 0.15) is 12.6 Å². The summed E-state index contributed by atoms with van der Waals surface area (Å²) in [5.41, 5.74) is 0. The van der Waals surface area contributed by atoms with Crippen molar-refractivity contribution < 1.29 is 9.59 Å². The van der Waals surface area contributed by atoms with Crippen LogP contribution >= 0.6 is 0 Å². The van der Waals surface area contributed by atoms with Crippen molar-refractivity contribution >= 4 is 12.6 Å². The van der Waals surface area contributed by atoms with Crippen LogP contribution in [0.4, 0.5) is 0 Å². The molecule has 0 saturated heterocycles. The maximum Gasteiger partial charge on any atom is 0.119 e. The Morgan fingerprint density at radius 1 is 0.538 bits per heavy atom. The second-order valence-electron chi connectivity index (χ2n) is 3.39. The van der Waals surface area contributed by atoms with Gasteiger partial charge in [-0.1, -0.05) is 32.1 Å². The Morgan fingerprint density at radius 3 is 1.15 bits per heavy atom. The molecule has 0 fully saturated rings. The van der Waals surface area contributed by atoms with Crippen LogP contribution < -0.4 is 0 Å². The first-order chi connectivity index (χ1) is 6.41. The molecule has 0 rings (SSSR count). The van der Waals surface area contributed by atoms with Crippen LogP contribution in [0.3, 0.4) is 0 Å². The highest BCUT2D eigenvalue weighted by molar-refractivity contribution is 5.49. The highest BCUT2D eigenvalue weighted by atomic mass is 16.1. The van der Waals surface area contributed by atoms with Crippen molar-refractivity contribution in [3.8, 4) is 0 Å². The Bertz CT molecular complexity index is 107. The van der Waals surface area contributed by atoms with Gasteiger partial charge in [-0.25, -0.2) is 0 Å². The van der Waals surface area contributed by atoms with Gasteiger partial charge in [-0.15, -0.1) is 0 Å². The lowest BCUT2D eigenvalue weighted by Crippen LogP contribution is -1.82. The molecule has 0 aliphatic rings. The van der Waals surface area contributed by atoms with E-state index in [1.165, 1.54) is 32.1 Å². The highest BCUT2D eigenvalue weighted by Gasteiger charge is 1.91. The molecule has 13 heavy (non-hydrogen) atoms. The van der Waals surface area contributed by atoms with Crippen LogP contribution in [0.25, 0.3) is 0 Å². The van der Waals surface area contributed by atoms with Gasteiger partial charge in [0.25, 0.3) is 0 Å². The molecule has 76 valence electrons. The molecule has 0 N–H and O–H groups in total. The molecule has 0 atom stereocenters. The summed E-state index contributed by atoms with van der Waals surface area (Å²) in [6.07, 6.45) is 11.5. The van der Waals surface area contributed by atoms with Gasteiger partial charge in [-0.05, 0) is 12.8 Å². The molecule has 0 heterocycles. The minimum absolute atomic E-state index is 0.713. The topological polar surface area (TPSA) is 34.1 Å². The molecule has 0 radical (unpaired) electrons. The summed E-state index contributed by atoms with van der Waals surface area (Å²) in [7, 11) is 0. The van der Waals surface area contributed by atoms with E-state index in [9.17, 15) is 9.59 Å². The Morgan fingerprint density at radius 2 is 0.846 bits per heavy atom. The number of aldehydes is 2. The summed E-state index contributed by atoms with van der Waals surface area (Å²) in [4.78, 5) is 20.0. The van der Waals surface area contributed by atoms with Gasteiger partial charge in [0.2, 0.25) is 0 Å². The van der Waals surface area contributed by atoms with Crippen LogP contribution in [-0.2, 0) is 9.59 Å². The molecule has 0 unspecified atom stereocenters. The van der Waals surface area contributed by atoms with Crippen LogP contribution in [0.2, 0.25) is 0 Å². The Kier molecular flexibility index (Phi) is 10.8. The van der Waals surface area contributed by atoms with Crippen LogP contribution in [0.15, 0.2) is 0 Å². The smallest absolute Gasteiger partial charge is 0.119 e. The van der Waals surface area contributed by atoms with E-state index < -0.39 is 0 Å². The summed E-state index contributed by atoms with van der Waals surface area (Å²) in [5.74, 6) is 0. The quantitative estimate of drug-likeness (QED) is 0.386. The van der Waals surface area contributed by atoms with Crippen LogP contribution in [0, 0.1) is 0 Å². The van der Waals surface area contributed by atoms with E-state index in [0.29, 0.717) is 12.8 Å². The van der Waals surface area contributed by atoms with Crippen LogP contribution in [-0.4, -0.2) is 12.6 Å². The first-order valence-electron chi connectivity index (χ1n) is 5.29. The Balaban J connectivity index is 2.83. The molecule has 0 saturated carbocycles. The highest BCUT2D eigenvalue weighted by Crippen LogP contribution is 2.08. The maximum absolute atomic E-state index is 9.98. The van der Waals surface area contributed by atoms with E-state index in [1.807, 2.05) is 0 Å². The molecule has 0 aliphatic carbocycles. The van der Waals surface area contributed by atoms with Crippen molar-refractivity contribution in [3.63, 3.8) is 0 Å². The largest absolute Gasteiger partial charge is 0.303 e. The standard InChI is InChI=1S/C11H20O2/c12-10-8-6-4-2-1-3-5-7-9-11-13/h10-11H,1-9H2. The van der Waals surface area contributed by atoms with E-state index in [1.54, 1.807) is 0 Å². The predicted octanol–water partition coefficient (Wildman–Crippen LogP) is 2.90. The first-order valence-corrected chi connectivity index (χ1v) is 5.29. The average molecular weight is 184 g/mol. The minimum atomic E-state index is 0.713. The normalized spacial score (nSPS) is 9.85. The second-order valence-corrected chi connectivity index (χ2v) is 3.39. The average Bonchev–Trinajstić information content (AvgIpc) is 2.16. The van der Waals surface area contributed by atoms with Crippen molar-refractivity contribution in [1.29, 1.82) is 0 Å². The SMILES string of the molecule is O=CCCCCCCCCCC=O. The first kappa shape index (κ1) is 12.3. The number of carbonyl (C=O) groups is 2. The van der Waals surface area contributed by atoms with Gasteiger partial charge < -0.3 is 9.59 Å². The monoisotopic (exact) mass is 184 g/mol. The van der Waals surface area contributed by atoms with Crippen molar-refractivity contribution in [2.75, 3.05) is 0 Å². The van der Waals surface area contributed by atoms with Crippen molar-refractivity contribution in [1.82, 2.24) is 0 Å². The molecule has 0 bridgehead atoms. The number of hydrogen-bond acceptors (Lipinski definition) is 2. The molecule has 0 aromatic heterocycles. The molecular weight excluding hydrogens is 164 g/mol. The molecule has 0 amide bonds. The van der Waals surface area contributed by atoms with E-state index in [2.05, 4.69) is 0 Å². The number of unbranched alkanes of at least 4 members (excludes halogenated alkanes) is 8. The number of hydrogen-bond donors (Lipinski definition) is 0. The van der Waals surface area contributed by atoms with Crippen molar-refractivity contribution in [2.45, 2.75) is 57.8 Å². The van der Waals surface area contributed by atoms with Gasteiger partial charge in [-0.3, -0.25) is 0 Å². The molecule has 2 nitrogen and oxygen atoms in total. The third kappa shape index (κ3) is 11.3. The number of carbonyl (C=O) groups excluding carboxylic acids is 2. The summed E-state index contributed by atoms with van der Waals surface area (Å²) >= 11 is 0. The lowest BCUT2D eigenvalue weighted by molar-refractivity contribution is -0.108. The maximum atomic E-state index is 9.98. The predicted molar refractivity (Wildman–Crippen MR) is 53.7 cm³/mol. The summed E-state index contributed by atoms with van der Waals surface area (Å²) < 4.78 is 0. The fourth-order valence-corrected chi connectivity index (χ4v) is 1.34. The Labute approximate surface area is 80.7 Å². The van der Waals surface area contributed by atoms with Crippen LogP contribution in [0.5, 0.6) is 0 Å². The van der Waals surface area contributed by atoms with E-state index in [4.69, 9.17) is 0 Å². The fourth-order valence-electron chi connectivity index (χ4n) is 1.34. The van der Waals surface area contributed by atoms with E-state index in [0.717, 1.165) is 25.4 Å². The Hall–Kier alpha value is -0.660. The zero-order valence-corrected chi connectivity index (χ0v) is 8.34. The van der Waals surface area contributed by atoms with E-state index in [-0.39, 0.29) is 0 Å². The van der Waals surface area contributed by atoms with Gasteiger partial charge in [0, 0.05) is 12.8 Å². The lowest BCUT2D eigenvalue weighted by atomic mass is 10.1. The zero-order chi connectivity index (χ0) is 9.78. The van der Waals surface area contributed by atoms with E-state index >= 15 is 0 Å². The lowest BCUT2D eigenvalue weighted by Gasteiger charge is -1.98. The third-order valence-corrected chi connectivity index (χ3v) is 2.14. The van der Waals surface area contributed by atoms with Gasteiger partial charge >= 0.3 is 0 Å². The van der Waals surface area contributed by atoms with Crippen LogP contribution in [0.1, 0.15) is 57.8 Å². The third-order valence-electron chi connectivity index (χ3n) is 2.14. The van der Waals surface area contributed by atoms with Gasteiger partial charge in [0.05, 0.1) is 0 Å². The fraction of sp³-hybridized carbons (Fsp3) is 0.818. The van der Waals surface area contributed by atoms with Gasteiger partial charge in [-0.2, -0.15) is 0 Å². The molecule has 0 spiro atoms. The van der Waals surface area contributed by atoms with Crippen molar-refractivity contribution in [2.24, 2.45) is 0 Å². The summed E-state index contributed by atoms with van der Waals surface area (Å²) in [5, 5.41) is 0. The summed E-state index contributed by atoms with van der Waals surface area (Å²) in [6.45, 7) is 0.